The van der Waals surface area contributed by atoms with E-state index in [1.165, 1.54) is 29.0 Å². The lowest BCUT2D eigenvalue weighted by Gasteiger charge is -2.11. The Kier molecular flexibility index (Phi) is 5.15. The SMILES string of the molecule is N#Cc1ccc2c(ccn2Cc2noc(-c3cc(N=O)cc(C(F)(F)F)c3)n2)c1C(F)(F)F. The summed E-state index contributed by atoms with van der Waals surface area (Å²) in [6, 6.07) is 7.38. The third kappa shape index (κ3) is 4.14. The number of alkyl halides is 6. The van der Waals surface area contributed by atoms with Gasteiger partial charge in [0.1, 0.15) is 5.69 Å². The average molecular weight is 465 g/mol. The molecule has 2 heterocycles. The second-order valence-corrected chi connectivity index (χ2v) is 6.85. The van der Waals surface area contributed by atoms with Gasteiger partial charge < -0.3 is 9.09 Å². The molecule has 0 spiro atoms. The molecule has 0 atom stereocenters. The molecule has 13 heteroatoms. The lowest BCUT2D eigenvalue weighted by atomic mass is 10.0. The Labute approximate surface area is 179 Å². The Bertz CT molecular complexity index is 1410. The maximum absolute atomic E-state index is 13.5. The molecular formula is C20H9F6N5O2. The predicted molar refractivity (Wildman–Crippen MR) is 101 cm³/mol. The molecule has 0 unspecified atom stereocenters. The van der Waals surface area contributed by atoms with Crippen molar-refractivity contribution in [2.45, 2.75) is 18.9 Å². The van der Waals surface area contributed by atoms with Crippen LogP contribution in [0.5, 0.6) is 0 Å². The Morgan fingerprint density at radius 1 is 1.06 bits per heavy atom. The standard InChI is InChI=1S/C20H9F6N5O2/c21-19(22,23)12-5-11(6-13(7-12)29-32)18-28-16(30-33-18)9-31-4-3-14-15(31)2-1-10(8-27)17(14)20(24,25)26/h1-7H,9H2. The van der Waals surface area contributed by atoms with Gasteiger partial charge in [0, 0.05) is 22.7 Å². The molecule has 168 valence electrons. The van der Waals surface area contributed by atoms with Gasteiger partial charge in [-0.2, -0.15) is 36.6 Å². The highest BCUT2D eigenvalue weighted by atomic mass is 19.4. The van der Waals surface area contributed by atoms with Crippen molar-refractivity contribution in [3.05, 3.63) is 70.0 Å². The zero-order valence-corrected chi connectivity index (χ0v) is 16.1. The first kappa shape index (κ1) is 22.0. The van der Waals surface area contributed by atoms with Crippen LogP contribution in [-0.2, 0) is 18.9 Å². The molecule has 2 aromatic heterocycles. The summed E-state index contributed by atoms with van der Waals surface area (Å²) in [4.78, 5) is 14.7. The van der Waals surface area contributed by atoms with Crippen LogP contribution in [0.4, 0.5) is 32.0 Å². The number of fused-ring (bicyclic) bond motifs is 1. The second-order valence-electron chi connectivity index (χ2n) is 6.85. The number of hydrogen-bond donors (Lipinski definition) is 0. The van der Waals surface area contributed by atoms with Crippen LogP contribution < -0.4 is 0 Å². The Balaban J connectivity index is 1.71. The molecule has 0 aliphatic heterocycles. The number of nitroso groups, excluding NO2 is 1. The smallest absolute Gasteiger partial charge is 0.340 e. The molecule has 0 saturated heterocycles. The van der Waals surface area contributed by atoms with Gasteiger partial charge in [-0.05, 0) is 41.6 Å². The Morgan fingerprint density at radius 2 is 1.82 bits per heavy atom. The van der Waals surface area contributed by atoms with Crippen molar-refractivity contribution < 1.29 is 30.9 Å². The van der Waals surface area contributed by atoms with Crippen LogP contribution in [-0.4, -0.2) is 14.7 Å². The average Bonchev–Trinajstić information content (AvgIpc) is 3.39. The van der Waals surface area contributed by atoms with Gasteiger partial charge in [0.05, 0.1) is 29.3 Å². The van der Waals surface area contributed by atoms with E-state index in [9.17, 15) is 31.2 Å². The Morgan fingerprint density at radius 3 is 2.45 bits per heavy atom. The van der Waals surface area contributed by atoms with Crippen LogP contribution in [0.2, 0.25) is 0 Å². The summed E-state index contributed by atoms with van der Waals surface area (Å²) in [5.74, 6) is -0.376. The molecular weight excluding hydrogens is 456 g/mol. The summed E-state index contributed by atoms with van der Waals surface area (Å²) in [6.45, 7) is -0.173. The van der Waals surface area contributed by atoms with Crippen LogP contribution in [0.25, 0.3) is 22.4 Å². The molecule has 0 aliphatic rings. The van der Waals surface area contributed by atoms with Crippen LogP contribution >= 0.6 is 0 Å². The van der Waals surface area contributed by atoms with E-state index >= 15 is 0 Å². The van der Waals surface area contributed by atoms with E-state index in [1.54, 1.807) is 0 Å². The van der Waals surface area contributed by atoms with Crippen LogP contribution in [0, 0.1) is 16.2 Å². The largest absolute Gasteiger partial charge is 0.418 e. The summed E-state index contributed by atoms with van der Waals surface area (Å²) in [6.07, 6.45) is -8.18. The molecule has 33 heavy (non-hydrogen) atoms. The topological polar surface area (TPSA) is 97.1 Å². The first-order chi connectivity index (χ1) is 15.5. The molecule has 0 radical (unpaired) electrons. The van der Waals surface area contributed by atoms with E-state index in [1.807, 2.05) is 0 Å². The van der Waals surface area contributed by atoms with Crippen molar-refractivity contribution in [2.24, 2.45) is 5.18 Å². The first-order valence-corrected chi connectivity index (χ1v) is 8.99. The molecule has 0 aliphatic carbocycles. The number of benzene rings is 2. The maximum Gasteiger partial charge on any atom is 0.418 e. The number of nitriles is 1. The Hall–Kier alpha value is -4.21. The second kappa shape index (κ2) is 7.73. The molecule has 7 nitrogen and oxygen atoms in total. The number of aromatic nitrogens is 3. The fraction of sp³-hybridized carbons (Fsp3) is 0.150. The zero-order valence-electron chi connectivity index (χ0n) is 16.1. The van der Waals surface area contributed by atoms with E-state index in [2.05, 4.69) is 15.3 Å². The summed E-state index contributed by atoms with van der Waals surface area (Å²) >= 11 is 0. The molecule has 0 saturated carbocycles. The summed E-state index contributed by atoms with van der Waals surface area (Å²) < 4.78 is 85.9. The minimum absolute atomic E-state index is 0.0431. The van der Waals surface area contributed by atoms with Crippen molar-refractivity contribution in [1.29, 1.82) is 5.26 Å². The maximum atomic E-state index is 13.5. The van der Waals surface area contributed by atoms with E-state index in [4.69, 9.17) is 9.78 Å². The zero-order chi connectivity index (χ0) is 24.0. The van der Waals surface area contributed by atoms with E-state index < -0.39 is 34.7 Å². The number of rotatable bonds is 4. The number of hydrogen-bond acceptors (Lipinski definition) is 6. The van der Waals surface area contributed by atoms with Crippen LogP contribution in [0.3, 0.4) is 0 Å². The third-order valence-electron chi connectivity index (χ3n) is 4.73. The molecule has 0 bridgehead atoms. The molecule has 4 rings (SSSR count). The van der Waals surface area contributed by atoms with Crippen molar-refractivity contribution >= 4 is 16.6 Å². The first-order valence-electron chi connectivity index (χ1n) is 8.99. The minimum atomic E-state index is -4.76. The minimum Gasteiger partial charge on any atom is -0.340 e. The van der Waals surface area contributed by atoms with Gasteiger partial charge in [-0.25, -0.2) is 0 Å². The number of halogens is 6. The summed E-state index contributed by atoms with van der Waals surface area (Å²) in [7, 11) is 0. The van der Waals surface area contributed by atoms with Gasteiger partial charge in [-0.3, -0.25) is 0 Å². The fourth-order valence-electron chi connectivity index (χ4n) is 3.35. The highest BCUT2D eigenvalue weighted by Gasteiger charge is 2.36. The van der Waals surface area contributed by atoms with Crippen molar-refractivity contribution in [3.63, 3.8) is 0 Å². The molecule has 0 fully saturated rings. The molecule has 2 aromatic carbocycles. The van der Waals surface area contributed by atoms with Gasteiger partial charge in [0.2, 0.25) is 0 Å². The highest BCUT2D eigenvalue weighted by Crippen LogP contribution is 2.38. The van der Waals surface area contributed by atoms with Crippen LogP contribution in [0.15, 0.2) is 52.3 Å². The van der Waals surface area contributed by atoms with E-state index in [-0.39, 0.29) is 34.7 Å². The lowest BCUT2D eigenvalue weighted by molar-refractivity contribution is -0.138. The predicted octanol–water partition coefficient (Wildman–Crippen LogP) is 6.05. The summed E-state index contributed by atoms with van der Waals surface area (Å²) in [5.41, 5.74) is -3.30. The van der Waals surface area contributed by atoms with Gasteiger partial charge in [0.25, 0.3) is 5.89 Å². The van der Waals surface area contributed by atoms with Gasteiger partial charge >= 0.3 is 12.4 Å². The lowest BCUT2D eigenvalue weighted by Crippen LogP contribution is -2.09. The van der Waals surface area contributed by atoms with Crippen molar-refractivity contribution in [2.75, 3.05) is 0 Å². The normalized spacial score (nSPS) is 12.2. The third-order valence-corrected chi connectivity index (χ3v) is 4.73. The van der Waals surface area contributed by atoms with E-state index in [0.29, 0.717) is 12.1 Å². The molecule has 0 amide bonds. The quantitative estimate of drug-likeness (QED) is 0.270. The highest BCUT2D eigenvalue weighted by molar-refractivity contribution is 5.86. The molecule has 4 aromatic rings. The van der Waals surface area contributed by atoms with Crippen molar-refractivity contribution in [1.82, 2.24) is 14.7 Å². The van der Waals surface area contributed by atoms with E-state index in [0.717, 1.165) is 12.1 Å². The van der Waals surface area contributed by atoms with Crippen molar-refractivity contribution in [3.8, 4) is 17.5 Å². The number of nitrogens with zero attached hydrogens (tertiary/aromatic N) is 5. The van der Waals surface area contributed by atoms with Gasteiger partial charge in [-0.15, -0.1) is 4.91 Å². The monoisotopic (exact) mass is 465 g/mol. The molecule has 0 N–H and O–H groups in total. The fourth-order valence-corrected chi connectivity index (χ4v) is 3.35. The van der Waals surface area contributed by atoms with Crippen LogP contribution in [0.1, 0.15) is 22.5 Å². The summed E-state index contributed by atoms with van der Waals surface area (Å²) in [5, 5.41) is 15.0. The van der Waals surface area contributed by atoms with Gasteiger partial charge in [-0.1, -0.05) is 5.16 Å². The van der Waals surface area contributed by atoms with Gasteiger partial charge in [0.15, 0.2) is 5.82 Å².